The quantitative estimate of drug-likeness (QED) is 0.215. The van der Waals surface area contributed by atoms with Crippen molar-refractivity contribution in [2.24, 2.45) is 0 Å². The van der Waals surface area contributed by atoms with Crippen LogP contribution in [0, 0.1) is 13.8 Å². The van der Waals surface area contributed by atoms with Crippen molar-refractivity contribution in [2.75, 3.05) is 0 Å². The van der Waals surface area contributed by atoms with E-state index in [0.717, 1.165) is 17.9 Å². The molecule has 0 saturated carbocycles. The zero-order chi connectivity index (χ0) is 18.2. The van der Waals surface area contributed by atoms with E-state index in [0.29, 0.717) is 0 Å². The van der Waals surface area contributed by atoms with Gasteiger partial charge in [-0.15, -0.1) is 0 Å². The maximum Gasteiger partial charge on any atom is 0.329 e. The molecule has 0 bridgehead atoms. The molecule has 0 saturated heterocycles. The van der Waals surface area contributed by atoms with Gasteiger partial charge in [0.05, 0.1) is 13.3 Å². The number of hydrogen-bond acceptors (Lipinski definition) is 0. The van der Waals surface area contributed by atoms with E-state index in [1.165, 1.54) is 102 Å². The smallest absolute Gasteiger partial charge is 0.218 e. The number of hydrogen-bond donors (Lipinski definition) is 0. The molecule has 1 heteroatoms. The first-order valence-electron chi connectivity index (χ1n) is 11.1. The van der Waals surface area contributed by atoms with E-state index in [-0.39, 0.29) is 0 Å². The Morgan fingerprint density at radius 3 is 1.48 bits per heavy atom. The van der Waals surface area contributed by atoms with E-state index in [4.69, 9.17) is 4.42 Å². The first-order valence-corrected chi connectivity index (χ1v) is 11.1. The summed E-state index contributed by atoms with van der Waals surface area (Å²) in [7, 11) is 0. The highest BCUT2D eigenvalue weighted by Crippen LogP contribution is 2.15. The minimum absolute atomic E-state index is 1.04. The molecule has 1 nitrogen and oxygen atoms in total. The molecule has 0 aliphatic heterocycles. The molecule has 1 aromatic heterocycles. The summed E-state index contributed by atoms with van der Waals surface area (Å²) in [6, 6.07) is 4.30. The maximum atomic E-state index is 5.78. The van der Waals surface area contributed by atoms with Crippen molar-refractivity contribution in [3.63, 3.8) is 0 Å². The zero-order valence-electron chi connectivity index (χ0n) is 17.4. The lowest BCUT2D eigenvalue weighted by Crippen LogP contribution is -1.89. The van der Waals surface area contributed by atoms with Gasteiger partial charge in [-0.3, -0.25) is 0 Å². The maximum absolute atomic E-state index is 5.78. The summed E-state index contributed by atoms with van der Waals surface area (Å²) in [6.07, 6.45) is 22.4. The first-order chi connectivity index (χ1) is 12.2. The summed E-state index contributed by atoms with van der Waals surface area (Å²) >= 11 is 0. The number of aryl methyl sites for hydroxylation is 3. The van der Waals surface area contributed by atoms with Gasteiger partial charge in [0, 0.05) is 12.1 Å². The monoisotopic (exact) mass is 347 g/mol. The van der Waals surface area contributed by atoms with E-state index >= 15 is 0 Å². The average Bonchev–Trinajstić information content (AvgIpc) is 2.57. The van der Waals surface area contributed by atoms with Crippen molar-refractivity contribution in [3.05, 3.63) is 29.2 Å². The summed E-state index contributed by atoms with van der Waals surface area (Å²) in [4.78, 5) is 0. The number of unbranched alkanes of at least 4 members (excludes halogenated alkanes) is 14. The van der Waals surface area contributed by atoms with Gasteiger partial charge in [0.25, 0.3) is 0 Å². The van der Waals surface area contributed by atoms with Crippen LogP contribution in [0.5, 0.6) is 0 Å². The Labute approximate surface area is 157 Å². The standard InChI is InChI=1S/C24H43O/c1-4-5-6-7-8-9-10-11-12-13-14-15-16-17-18-19-24-21-22(2)20-23(3)25-24/h20-21H,4-19H2,1-3H3/q+1. The molecule has 0 aromatic carbocycles. The third-order valence-corrected chi connectivity index (χ3v) is 5.14. The van der Waals surface area contributed by atoms with E-state index in [1.807, 2.05) is 6.92 Å². The van der Waals surface area contributed by atoms with Crippen LogP contribution in [0.3, 0.4) is 0 Å². The predicted octanol–water partition coefficient (Wildman–Crippen LogP) is 8.59. The highest BCUT2D eigenvalue weighted by molar-refractivity contribution is 5.15. The van der Waals surface area contributed by atoms with Gasteiger partial charge in [-0.2, -0.15) is 0 Å². The van der Waals surface area contributed by atoms with Crippen LogP contribution in [0.2, 0.25) is 0 Å². The zero-order valence-corrected chi connectivity index (χ0v) is 17.4. The third kappa shape index (κ3) is 13.1. The van der Waals surface area contributed by atoms with Crippen LogP contribution in [-0.2, 0) is 6.42 Å². The Balaban J connectivity index is 1.81. The molecule has 0 radical (unpaired) electrons. The van der Waals surface area contributed by atoms with Gasteiger partial charge in [-0.05, 0) is 18.9 Å². The van der Waals surface area contributed by atoms with Crippen LogP contribution in [-0.4, -0.2) is 0 Å². The lowest BCUT2D eigenvalue weighted by Gasteiger charge is -2.03. The van der Waals surface area contributed by atoms with Crippen molar-refractivity contribution >= 4 is 0 Å². The summed E-state index contributed by atoms with van der Waals surface area (Å²) in [5.41, 5.74) is 1.32. The number of rotatable bonds is 16. The fourth-order valence-corrected chi connectivity index (χ4v) is 3.68. The van der Waals surface area contributed by atoms with Crippen molar-refractivity contribution in [1.82, 2.24) is 0 Å². The second-order valence-corrected chi connectivity index (χ2v) is 7.91. The van der Waals surface area contributed by atoms with Gasteiger partial charge in [-0.25, -0.2) is 4.42 Å². The Kier molecular flexibility index (Phi) is 13.7. The Morgan fingerprint density at radius 2 is 1.04 bits per heavy atom. The summed E-state index contributed by atoms with van der Waals surface area (Å²) in [5, 5.41) is 0. The molecule has 0 spiro atoms. The van der Waals surface area contributed by atoms with Crippen LogP contribution in [0.25, 0.3) is 0 Å². The topological polar surface area (TPSA) is 11.3 Å². The van der Waals surface area contributed by atoms with Crippen molar-refractivity contribution < 1.29 is 4.42 Å². The van der Waals surface area contributed by atoms with E-state index in [9.17, 15) is 0 Å². The van der Waals surface area contributed by atoms with Crippen LogP contribution >= 0.6 is 0 Å². The molecule has 1 aromatic rings. The van der Waals surface area contributed by atoms with Crippen LogP contribution in [0.4, 0.5) is 0 Å². The second-order valence-electron chi connectivity index (χ2n) is 7.91. The normalized spacial score (nSPS) is 11.2. The molecular formula is C24H43O+. The Hall–Kier alpha value is -0.850. The molecule has 1 heterocycles. The molecule has 1 rings (SSSR count). The van der Waals surface area contributed by atoms with Crippen LogP contribution in [0.15, 0.2) is 16.5 Å². The van der Waals surface area contributed by atoms with Gasteiger partial charge in [-0.1, -0.05) is 96.8 Å². The second kappa shape index (κ2) is 15.4. The molecule has 144 valence electrons. The highest BCUT2D eigenvalue weighted by Gasteiger charge is 2.10. The Bertz CT molecular complexity index is 404. The van der Waals surface area contributed by atoms with Gasteiger partial charge >= 0.3 is 11.5 Å². The molecular weight excluding hydrogens is 304 g/mol. The van der Waals surface area contributed by atoms with E-state index in [2.05, 4.69) is 26.0 Å². The minimum Gasteiger partial charge on any atom is -0.218 e. The Morgan fingerprint density at radius 1 is 0.600 bits per heavy atom. The van der Waals surface area contributed by atoms with Gasteiger partial charge in [0.1, 0.15) is 0 Å². The molecule has 0 unspecified atom stereocenters. The first kappa shape index (κ1) is 22.2. The van der Waals surface area contributed by atoms with Gasteiger partial charge in [0.2, 0.25) is 0 Å². The lowest BCUT2D eigenvalue weighted by molar-refractivity contribution is 0.451. The molecule has 25 heavy (non-hydrogen) atoms. The molecule has 0 aliphatic rings. The fourth-order valence-electron chi connectivity index (χ4n) is 3.68. The summed E-state index contributed by atoms with van der Waals surface area (Å²) in [5.74, 6) is 2.20. The third-order valence-electron chi connectivity index (χ3n) is 5.14. The van der Waals surface area contributed by atoms with E-state index < -0.39 is 0 Å². The molecule has 0 aliphatic carbocycles. The van der Waals surface area contributed by atoms with Crippen molar-refractivity contribution in [3.8, 4) is 0 Å². The minimum atomic E-state index is 1.04. The highest BCUT2D eigenvalue weighted by atomic mass is 16.3. The van der Waals surface area contributed by atoms with Crippen LogP contribution in [0.1, 0.15) is 120 Å². The molecule has 0 atom stereocenters. The summed E-state index contributed by atoms with van der Waals surface area (Å²) < 4.78 is 5.78. The largest absolute Gasteiger partial charge is 0.329 e. The van der Waals surface area contributed by atoms with Gasteiger partial charge in [0.15, 0.2) is 0 Å². The van der Waals surface area contributed by atoms with Gasteiger partial charge < -0.3 is 0 Å². The summed E-state index contributed by atoms with van der Waals surface area (Å²) in [6.45, 7) is 6.49. The molecule has 0 fully saturated rings. The average molecular weight is 348 g/mol. The van der Waals surface area contributed by atoms with Crippen molar-refractivity contribution in [1.29, 1.82) is 0 Å². The lowest BCUT2D eigenvalue weighted by atomic mass is 10.0. The fraction of sp³-hybridized carbons (Fsp3) is 0.792. The van der Waals surface area contributed by atoms with E-state index in [1.54, 1.807) is 0 Å². The predicted molar refractivity (Wildman–Crippen MR) is 111 cm³/mol. The SMILES string of the molecule is CCCCCCCCCCCCCCCCCc1cc(C)cc(C)[o+]1. The molecule has 0 amide bonds. The van der Waals surface area contributed by atoms with Crippen LogP contribution < -0.4 is 0 Å². The molecule has 0 N–H and O–H groups in total. The van der Waals surface area contributed by atoms with Crippen molar-refractivity contribution in [2.45, 2.75) is 124 Å².